The summed E-state index contributed by atoms with van der Waals surface area (Å²) in [5.41, 5.74) is 3.46. The number of amides is 1. The standard InChI is InChI=1S/C24H23N3O4S2/c1-15-8-11-19(12-9-15)33(29,30)26-18-7-5-6-17(14-18)23(28)25-24-27(3)21-20(31-4)13-10-16(2)22(21)32-24/h5-14,26H,1-4H3. The molecule has 0 spiro atoms. The van der Waals surface area contributed by atoms with E-state index in [9.17, 15) is 13.2 Å². The molecule has 1 N–H and O–H groups in total. The SMILES string of the molecule is COc1ccc(C)c2sc(=NC(=O)c3cccc(NS(=O)(=O)c4ccc(C)cc4)c3)n(C)c12. The van der Waals surface area contributed by atoms with Gasteiger partial charge in [0, 0.05) is 18.3 Å². The number of carbonyl (C=O) groups is 1. The van der Waals surface area contributed by atoms with Gasteiger partial charge < -0.3 is 9.30 Å². The maximum atomic E-state index is 12.9. The largest absolute Gasteiger partial charge is 0.495 e. The van der Waals surface area contributed by atoms with E-state index in [0.717, 1.165) is 21.3 Å². The molecule has 4 aromatic rings. The van der Waals surface area contributed by atoms with Crippen molar-refractivity contribution >= 4 is 43.2 Å². The molecule has 0 unspecified atom stereocenters. The van der Waals surface area contributed by atoms with Gasteiger partial charge in [-0.05, 0) is 55.8 Å². The van der Waals surface area contributed by atoms with Gasteiger partial charge >= 0.3 is 0 Å². The summed E-state index contributed by atoms with van der Waals surface area (Å²) in [5, 5.41) is 0. The number of anilines is 1. The van der Waals surface area contributed by atoms with Crippen LogP contribution in [0.4, 0.5) is 5.69 Å². The van der Waals surface area contributed by atoms with Crippen LogP contribution < -0.4 is 14.3 Å². The van der Waals surface area contributed by atoms with Crippen LogP contribution >= 0.6 is 11.3 Å². The fourth-order valence-corrected chi connectivity index (χ4v) is 5.57. The van der Waals surface area contributed by atoms with Crippen molar-refractivity contribution in [1.29, 1.82) is 0 Å². The molecule has 3 aromatic carbocycles. The van der Waals surface area contributed by atoms with Gasteiger partial charge in [0.25, 0.3) is 15.9 Å². The lowest BCUT2D eigenvalue weighted by atomic mass is 10.2. The number of nitrogens with one attached hydrogen (secondary N) is 1. The molecule has 0 saturated heterocycles. The molecular formula is C24H23N3O4S2. The van der Waals surface area contributed by atoms with E-state index in [1.165, 1.54) is 17.4 Å². The number of hydrogen-bond acceptors (Lipinski definition) is 5. The molecule has 0 aliphatic carbocycles. The van der Waals surface area contributed by atoms with Gasteiger partial charge in [0.2, 0.25) is 0 Å². The van der Waals surface area contributed by atoms with Crippen LogP contribution in [-0.4, -0.2) is 26.0 Å². The number of hydrogen-bond donors (Lipinski definition) is 1. The van der Waals surface area contributed by atoms with Gasteiger partial charge in [-0.2, -0.15) is 4.99 Å². The number of fused-ring (bicyclic) bond motifs is 1. The van der Waals surface area contributed by atoms with Gasteiger partial charge in [-0.3, -0.25) is 9.52 Å². The number of methoxy groups -OCH3 is 1. The fraction of sp³-hybridized carbons (Fsp3) is 0.167. The highest BCUT2D eigenvalue weighted by atomic mass is 32.2. The lowest BCUT2D eigenvalue weighted by Crippen LogP contribution is -2.15. The topological polar surface area (TPSA) is 89.8 Å². The van der Waals surface area contributed by atoms with Crippen molar-refractivity contribution in [2.24, 2.45) is 12.0 Å². The molecule has 0 saturated carbocycles. The summed E-state index contributed by atoms with van der Waals surface area (Å²) in [5.74, 6) is 0.237. The number of aryl methyl sites for hydroxylation is 3. The first-order valence-electron chi connectivity index (χ1n) is 10.1. The molecule has 1 aromatic heterocycles. The number of benzene rings is 3. The molecular weight excluding hydrogens is 458 g/mol. The van der Waals surface area contributed by atoms with Crippen LogP contribution in [0.2, 0.25) is 0 Å². The minimum absolute atomic E-state index is 0.149. The van der Waals surface area contributed by atoms with Crippen LogP contribution in [0.5, 0.6) is 5.75 Å². The van der Waals surface area contributed by atoms with E-state index >= 15 is 0 Å². The molecule has 7 nitrogen and oxygen atoms in total. The molecule has 0 radical (unpaired) electrons. The first-order valence-corrected chi connectivity index (χ1v) is 12.4. The average Bonchev–Trinajstić information content (AvgIpc) is 3.11. The monoisotopic (exact) mass is 481 g/mol. The third kappa shape index (κ3) is 4.55. The van der Waals surface area contributed by atoms with Crippen LogP contribution in [-0.2, 0) is 17.1 Å². The predicted molar refractivity (Wildman–Crippen MR) is 130 cm³/mol. The number of thiazole rings is 1. The number of carbonyl (C=O) groups excluding carboxylic acids is 1. The van der Waals surface area contributed by atoms with Gasteiger partial charge in [-0.1, -0.05) is 41.2 Å². The molecule has 4 rings (SSSR count). The lowest BCUT2D eigenvalue weighted by Gasteiger charge is -2.09. The molecule has 1 amide bonds. The number of nitrogens with zero attached hydrogens (tertiary/aromatic N) is 2. The quantitative estimate of drug-likeness (QED) is 0.457. The maximum Gasteiger partial charge on any atom is 0.279 e. The van der Waals surface area contributed by atoms with Crippen molar-refractivity contribution in [3.05, 3.63) is 82.2 Å². The molecule has 0 aliphatic heterocycles. The second-order valence-corrected chi connectivity index (χ2v) is 10.3. The number of rotatable bonds is 5. The van der Waals surface area contributed by atoms with Crippen LogP contribution in [0, 0.1) is 13.8 Å². The second-order valence-electron chi connectivity index (χ2n) is 7.62. The van der Waals surface area contributed by atoms with Gasteiger partial charge in [0.05, 0.1) is 16.7 Å². The lowest BCUT2D eigenvalue weighted by molar-refractivity contribution is 0.0998. The summed E-state index contributed by atoms with van der Waals surface area (Å²) in [6.45, 7) is 3.88. The predicted octanol–water partition coefficient (Wildman–Crippen LogP) is 4.41. The zero-order chi connectivity index (χ0) is 23.8. The smallest absolute Gasteiger partial charge is 0.279 e. The molecule has 33 heavy (non-hydrogen) atoms. The highest BCUT2D eigenvalue weighted by molar-refractivity contribution is 7.92. The van der Waals surface area contributed by atoms with Gasteiger partial charge in [-0.25, -0.2) is 8.42 Å². The average molecular weight is 482 g/mol. The fourth-order valence-electron chi connectivity index (χ4n) is 3.42. The van der Waals surface area contributed by atoms with Crippen molar-refractivity contribution in [3.63, 3.8) is 0 Å². The first kappa shape index (κ1) is 22.8. The Kier molecular flexibility index (Phi) is 6.09. The van der Waals surface area contributed by atoms with Gasteiger partial charge in [-0.15, -0.1) is 0 Å². The molecule has 0 fully saturated rings. The summed E-state index contributed by atoms with van der Waals surface area (Å²) in [6, 6.07) is 16.7. The van der Waals surface area contributed by atoms with Crippen molar-refractivity contribution in [2.75, 3.05) is 11.8 Å². The molecule has 9 heteroatoms. The molecule has 1 heterocycles. The van der Waals surface area contributed by atoms with Crippen LogP contribution in [0.1, 0.15) is 21.5 Å². The molecule has 0 aliphatic rings. The molecule has 0 atom stereocenters. The highest BCUT2D eigenvalue weighted by Crippen LogP contribution is 2.29. The van der Waals surface area contributed by atoms with Crippen molar-refractivity contribution in [1.82, 2.24) is 4.57 Å². The van der Waals surface area contributed by atoms with E-state index < -0.39 is 15.9 Å². The van der Waals surface area contributed by atoms with Crippen LogP contribution in [0.25, 0.3) is 10.2 Å². The van der Waals surface area contributed by atoms with Crippen molar-refractivity contribution in [2.45, 2.75) is 18.7 Å². The number of aromatic nitrogens is 1. The summed E-state index contributed by atoms with van der Waals surface area (Å²) in [7, 11) is -0.339. The van der Waals surface area contributed by atoms with Crippen LogP contribution in [0.3, 0.4) is 0 Å². The minimum Gasteiger partial charge on any atom is -0.495 e. The van der Waals surface area contributed by atoms with E-state index in [4.69, 9.17) is 4.74 Å². The number of ether oxygens (including phenoxy) is 1. The maximum absolute atomic E-state index is 12.9. The zero-order valence-electron chi connectivity index (χ0n) is 18.6. The Balaban J connectivity index is 1.68. The van der Waals surface area contributed by atoms with E-state index in [1.54, 1.807) is 49.6 Å². The summed E-state index contributed by atoms with van der Waals surface area (Å²) >= 11 is 1.40. The van der Waals surface area contributed by atoms with Gasteiger partial charge in [0.1, 0.15) is 11.3 Å². The minimum atomic E-state index is -3.78. The van der Waals surface area contributed by atoms with E-state index in [1.807, 2.05) is 37.6 Å². The Bertz CT molecular complexity index is 1530. The highest BCUT2D eigenvalue weighted by Gasteiger charge is 2.16. The Hall–Kier alpha value is -3.43. The van der Waals surface area contributed by atoms with Crippen molar-refractivity contribution in [3.8, 4) is 5.75 Å². The third-order valence-electron chi connectivity index (χ3n) is 5.22. The normalized spacial score (nSPS) is 12.2. The summed E-state index contributed by atoms with van der Waals surface area (Å²) < 4.78 is 36.2. The van der Waals surface area contributed by atoms with Crippen molar-refractivity contribution < 1.29 is 17.9 Å². The van der Waals surface area contributed by atoms with E-state index in [0.29, 0.717) is 10.6 Å². The first-order chi connectivity index (χ1) is 15.7. The third-order valence-corrected chi connectivity index (χ3v) is 7.88. The number of sulfonamides is 1. The molecule has 170 valence electrons. The Labute approximate surface area is 196 Å². The zero-order valence-corrected chi connectivity index (χ0v) is 20.3. The summed E-state index contributed by atoms with van der Waals surface area (Å²) in [4.78, 5) is 17.9. The Morgan fingerprint density at radius 2 is 1.79 bits per heavy atom. The Morgan fingerprint density at radius 3 is 2.48 bits per heavy atom. The molecule has 0 bridgehead atoms. The summed E-state index contributed by atoms with van der Waals surface area (Å²) in [6.07, 6.45) is 0. The van der Waals surface area contributed by atoms with E-state index in [2.05, 4.69) is 9.71 Å². The Morgan fingerprint density at radius 1 is 1.06 bits per heavy atom. The van der Waals surface area contributed by atoms with E-state index in [-0.39, 0.29) is 16.1 Å². The second kappa shape index (κ2) is 8.84. The van der Waals surface area contributed by atoms with Gasteiger partial charge in [0.15, 0.2) is 4.80 Å². The van der Waals surface area contributed by atoms with Crippen LogP contribution in [0.15, 0.2) is 70.6 Å².